The minimum Gasteiger partial charge on any atom is -0.487 e. The molecule has 1 aromatic rings. The van der Waals surface area contributed by atoms with Crippen molar-refractivity contribution in [2.24, 2.45) is 0 Å². The first kappa shape index (κ1) is 20.0. The number of piperidine rings is 1. The van der Waals surface area contributed by atoms with Gasteiger partial charge in [0.15, 0.2) is 6.29 Å². The van der Waals surface area contributed by atoms with Crippen molar-refractivity contribution in [1.29, 1.82) is 0 Å². The lowest BCUT2D eigenvalue weighted by Crippen LogP contribution is -2.54. The van der Waals surface area contributed by atoms with E-state index in [0.29, 0.717) is 13.2 Å². The van der Waals surface area contributed by atoms with Gasteiger partial charge in [-0.2, -0.15) is 0 Å². The first-order chi connectivity index (χ1) is 13.5. The molecule has 0 radical (unpaired) electrons. The number of fused-ring (bicyclic) bond motifs is 1. The van der Waals surface area contributed by atoms with Crippen LogP contribution in [-0.2, 0) is 19.1 Å². The Labute approximate surface area is 161 Å². The summed E-state index contributed by atoms with van der Waals surface area (Å²) in [5.41, 5.74) is 0.264. The van der Waals surface area contributed by atoms with Crippen LogP contribution in [0.15, 0.2) is 18.2 Å². The van der Waals surface area contributed by atoms with Gasteiger partial charge in [-0.1, -0.05) is 6.07 Å². The molecule has 0 aromatic heterocycles. The zero-order chi connectivity index (χ0) is 20.3. The van der Waals surface area contributed by atoms with E-state index in [2.05, 4.69) is 5.32 Å². The van der Waals surface area contributed by atoms with Gasteiger partial charge in [-0.15, -0.1) is 0 Å². The fraction of sp³-hybridized carbons (Fsp3) is 0.474. The Bertz CT molecular complexity index is 801. The molecule has 1 aromatic carbocycles. The highest BCUT2D eigenvalue weighted by Gasteiger charge is 2.46. The number of ether oxygens (including phenoxy) is 3. The second-order valence-electron chi connectivity index (χ2n) is 6.28. The number of amides is 4. The Morgan fingerprint density at radius 3 is 2.46 bits per heavy atom. The summed E-state index contributed by atoms with van der Waals surface area (Å²) < 4.78 is 16.5. The van der Waals surface area contributed by atoms with Gasteiger partial charge in [0.1, 0.15) is 18.4 Å². The summed E-state index contributed by atoms with van der Waals surface area (Å²) in [6, 6.07) is 3.67. The molecular formula is C19H22N2O7. The summed E-state index contributed by atoms with van der Waals surface area (Å²) in [4.78, 5) is 50.1. The van der Waals surface area contributed by atoms with Crippen LogP contribution in [0.1, 0.15) is 47.4 Å². The van der Waals surface area contributed by atoms with Crippen LogP contribution in [0.25, 0.3) is 0 Å². The van der Waals surface area contributed by atoms with Crippen LogP contribution in [0, 0.1) is 0 Å². The Kier molecular flexibility index (Phi) is 6.05. The molecule has 9 heteroatoms. The molecule has 1 atom stereocenters. The molecule has 1 N–H and O–H groups in total. The minimum absolute atomic E-state index is 0.0397. The summed E-state index contributed by atoms with van der Waals surface area (Å²) >= 11 is 0. The van der Waals surface area contributed by atoms with Gasteiger partial charge in [0.25, 0.3) is 11.8 Å². The molecule has 1 saturated heterocycles. The first-order valence-corrected chi connectivity index (χ1v) is 9.18. The fourth-order valence-corrected chi connectivity index (χ4v) is 3.28. The predicted octanol–water partition coefficient (Wildman–Crippen LogP) is 0.866. The quantitative estimate of drug-likeness (QED) is 0.518. The number of hydrogen-bond acceptors (Lipinski definition) is 7. The van der Waals surface area contributed by atoms with E-state index in [1.165, 1.54) is 6.07 Å². The summed E-state index contributed by atoms with van der Waals surface area (Å²) in [6.45, 7) is 4.56. The molecule has 9 nitrogen and oxygen atoms in total. The van der Waals surface area contributed by atoms with E-state index in [0.717, 1.165) is 4.90 Å². The Balaban J connectivity index is 1.82. The molecule has 0 spiro atoms. The number of nitrogens with zero attached hydrogens (tertiary/aromatic N) is 1. The third-order valence-corrected chi connectivity index (χ3v) is 4.51. The highest BCUT2D eigenvalue weighted by molar-refractivity contribution is 6.24. The molecule has 3 rings (SSSR count). The summed E-state index contributed by atoms with van der Waals surface area (Å²) in [5.74, 6) is -2.05. The van der Waals surface area contributed by atoms with E-state index < -0.39 is 36.0 Å². The van der Waals surface area contributed by atoms with Gasteiger partial charge in [-0.3, -0.25) is 29.4 Å². The number of carbonyl (C=O) groups is 4. The number of imide groups is 2. The van der Waals surface area contributed by atoms with E-state index >= 15 is 0 Å². The van der Waals surface area contributed by atoms with Crippen molar-refractivity contribution in [3.8, 4) is 5.75 Å². The second-order valence-corrected chi connectivity index (χ2v) is 6.28. The maximum atomic E-state index is 12.9. The highest BCUT2D eigenvalue weighted by atomic mass is 16.7. The van der Waals surface area contributed by atoms with Gasteiger partial charge >= 0.3 is 0 Å². The molecule has 2 heterocycles. The van der Waals surface area contributed by atoms with Gasteiger partial charge in [0, 0.05) is 19.6 Å². The molecule has 1 unspecified atom stereocenters. The lowest BCUT2D eigenvalue weighted by atomic mass is 10.0. The van der Waals surface area contributed by atoms with Gasteiger partial charge in [-0.25, -0.2) is 0 Å². The third kappa shape index (κ3) is 3.76. The van der Waals surface area contributed by atoms with E-state index in [1.54, 1.807) is 12.1 Å². The Morgan fingerprint density at radius 1 is 1.11 bits per heavy atom. The average Bonchev–Trinajstić information content (AvgIpc) is 2.92. The van der Waals surface area contributed by atoms with Crippen molar-refractivity contribution in [2.45, 2.75) is 39.0 Å². The summed E-state index contributed by atoms with van der Waals surface area (Å²) in [5, 5.41) is 2.17. The van der Waals surface area contributed by atoms with Crippen LogP contribution in [0.4, 0.5) is 0 Å². The minimum atomic E-state index is -1.02. The maximum Gasteiger partial charge on any atom is 0.266 e. The van der Waals surface area contributed by atoms with Crippen molar-refractivity contribution < 1.29 is 33.4 Å². The lowest BCUT2D eigenvalue weighted by Gasteiger charge is -2.27. The zero-order valence-electron chi connectivity index (χ0n) is 15.7. The highest BCUT2D eigenvalue weighted by Crippen LogP contribution is 2.33. The fourth-order valence-electron chi connectivity index (χ4n) is 3.28. The van der Waals surface area contributed by atoms with Gasteiger partial charge in [0.2, 0.25) is 11.8 Å². The standard InChI is InChI=1S/C19H22N2O7/c1-3-26-15(27-4-2)10-28-13-7-5-6-11-16(13)19(25)21(18(11)24)12-8-9-14(22)20-17(12)23/h5-7,12,15H,3-4,8-10H2,1-2H3,(H,20,22,23). The first-order valence-electron chi connectivity index (χ1n) is 9.18. The van der Waals surface area contributed by atoms with E-state index in [4.69, 9.17) is 14.2 Å². The third-order valence-electron chi connectivity index (χ3n) is 4.51. The Hall–Kier alpha value is -2.78. The molecule has 0 saturated carbocycles. The molecule has 150 valence electrons. The van der Waals surface area contributed by atoms with Crippen LogP contribution in [0.5, 0.6) is 5.75 Å². The molecular weight excluding hydrogens is 368 g/mol. The molecule has 1 fully saturated rings. The normalized spacial score (nSPS) is 19.2. The van der Waals surface area contributed by atoms with Crippen molar-refractivity contribution in [2.75, 3.05) is 19.8 Å². The number of rotatable bonds is 8. The second kappa shape index (κ2) is 8.49. The summed E-state index contributed by atoms with van der Waals surface area (Å²) in [6.07, 6.45) is -0.440. The molecule has 2 aliphatic rings. The van der Waals surface area contributed by atoms with Crippen molar-refractivity contribution in [3.63, 3.8) is 0 Å². The number of hydrogen-bond donors (Lipinski definition) is 1. The number of nitrogens with one attached hydrogen (secondary N) is 1. The number of benzene rings is 1. The van der Waals surface area contributed by atoms with Crippen LogP contribution >= 0.6 is 0 Å². The molecule has 2 aliphatic heterocycles. The maximum absolute atomic E-state index is 12.9. The average molecular weight is 390 g/mol. The van der Waals surface area contributed by atoms with Crippen LogP contribution < -0.4 is 10.1 Å². The zero-order valence-corrected chi connectivity index (χ0v) is 15.7. The largest absolute Gasteiger partial charge is 0.487 e. The number of carbonyl (C=O) groups excluding carboxylic acids is 4. The Morgan fingerprint density at radius 2 is 1.82 bits per heavy atom. The van der Waals surface area contributed by atoms with E-state index in [9.17, 15) is 19.2 Å². The smallest absolute Gasteiger partial charge is 0.266 e. The van der Waals surface area contributed by atoms with Gasteiger partial charge in [0.05, 0.1) is 11.1 Å². The molecule has 28 heavy (non-hydrogen) atoms. The molecule has 0 aliphatic carbocycles. The SMILES string of the molecule is CCOC(COc1cccc2c1C(=O)N(C1CCC(=O)NC1=O)C2=O)OCC. The van der Waals surface area contributed by atoms with E-state index in [1.807, 2.05) is 13.8 Å². The van der Waals surface area contributed by atoms with Crippen molar-refractivity contribution >= 4 is 23.6 Å². The van der Waals surface area contributed by atoms with Crippen molar-refractivity contribution in [1.82, 2.24) is 10.2 Å². The summed E-state index contributed by atoms with van der Waals surface area (Å²) in [7, 11) is 0. The monoisotopic (exact) mass is 390 g/mol. The van der Waals surface area contributed by atoms with Gasteiger partial charge < -0.3 is 14.2 Å². The molecule has 4 amide bonds. The van der Waals surface area contributed by atoms with Crippen LogP contribution in [0.3, 0.4) is 0 Å². The van der Waals surface area contributed by atoms with Gasteiger partial charge in [-0.05, 0) is 32.4 Å². The topological polar surface area (TPSA) is 111 Å². The molecule has 0 bridgehead atoms. The van der Waals surface area contributed by atoms with Crippen LogP contribution in [0.2, 0.25) is 0 Å². The van der Waals surface area contributed by atoms with Crippen molar-refractivity contribution in [3.05, 3.63) is 29.3 Å². The van der Waals surface area contributed by atoms with E-state index in [-0.39, 0.29) is 36.3 Å². The lowest BCUT2D eigenvalue weighted by molar-refractivity contribution is -0.152. The van der Waals surface area contributed by atoms with Crippen LogP contribution in [-0.4, -0.2) is 60.7 Å². The predicted molar refractivity (Wildman–Crippen MR) is 95.6 cm³/mol.